The molecule has 138 valence electrons. The number of carbonyl (C=O) groups is 2. The summed E-state index contributed by atoms with van der Waals surface area (Å²) >= 11 is 6.09. The molecule has 0 saturated carbocycles. The number of carbonyl (C=O) groups excluding carboxylic acids is 2. The number of pyridine rings is 1. The summed E-state index contributed by atoms with van der Waals surface area (Å²) in [5.74, 6) is -0.323. The van der Waals surface area contributed by atoms with E-state index >= 15 is 0 Å². The average molecular weight is 373 g/mol. The third-order valence-corrected chi connectivity index (χ3v) is 2.93. The zero-order valence-electron chi connectivity index (χ0n) is 15.0. The van der Waals surface area contributed by atoms with Crippen molar-refractivity contribution in [3.8, 4) is 0 Å². The molecule has 0 atom stereocenters. The normalized spacial score (nSPS) is 11.7. The van der Waals surface area contributed by atoms with Crippen molar-refractivity contribution in [3.63, 3.8) is 0 Å². The molecule has 1 aromatic rings. The highest BCUT2D eigenvalue weighted by Gasteiger charge is 2.36. The molecule has 8 nitrogen and oxygen atoms in total. The van der Waals surface area contributed by atoms with Crippen LogP contribution in [0.1, 0.15) is 41.5 Å². The van der Waals surface area contributed by atoms with Crippen molar-refractivity contribution in [2.24, 2.45) is 0 Å². The van der Waals surface area contributed by atoms with Gasteiger partial charge in [0.15, 0.2) is 5.82 Å². The fourth-order valence-electron chi connectivity index (χ4n) is 1.67. The first-order valence-electron chi connectivity index (χ1n) is 7.49. The lowest BCUT2D eigenvalue weighted by Crippen LogP contribution is -2.45. The molecule has 1 rings (SSSR count). The average Bonchev–Trinajstić information content (AvgIpc) is 2.36. The fraction of sp³-hybridized carbons (Fsp3) is 0.533. The predicted molar refractivity (Wildman–Crippen MR) is 94.0 cm³/mol. The van der Waals surface area contributed by atoms with Gasteiger partial charge in [0, 0.05) is 11.7 Å². The van der Waals surface area contributed by atoms with E-state index in [4.69, 9.17) is 21.1 Å². The van der Waals surface area contributed by atoms with Gasteiger partial charge in [-0.1, -0.05) is 11.6 Å². The van der Waals surface area contributed by atoms with E-state index in [9.17, 15) is 19.6 Å². The molecular formula is C15H22BClN2O6. The maximum atomic E-state index is 12.5. The number of rotatable bonds is 2. The highest BCUT2D eigenvalue weighted by Crippen LogP contribution is 2.25. The van der Waals surface area contributed by atoms with Gasteiger partial charge in [0.25, 0.3) is 0 Å². The second-order valence-corrected chi connectivity index (χ2v) is 7.59. The van der Waals surface area contributed by atoms with Crippen LogP contribution >= 0.6 is 11.6 Å². The molecular weight excluding hydrogens is 350 g/mol. The van der Waals surface area contributed by atoms with E-state index in [0.717, 1.165) is 0 Å². The fourth-order valence-corrected chi connectivity index (χ4v) is 1.96. The summed E-state index contributed by atoms with van der Waals surface area (Å²) in [6.07, 6.45) is -0.931. The Kier molecular flexibility index (Phi) is 6.44. The molecule has 0 unspecified atom stereocenters. The van der Waals surface area contributed by atoms with Crippen molar-refractivity contribution in [2.75, 3.05) is 4.90 Å². The predicted octanol–water partition coefficient (Wildman–Crippen LogP) is 2.09. The Labute approximate surface area is 151 Å². The minimum absolute atomic E-state index is 0.121. The van der Waals surface area contributed by atoms with E-state index in [1.165, 1.54) is 12.3 Å². The summed E-state index contributed by atoms with van der Waals surface area (Å²) in [7, 11) is -1.91. The van der Waals surface area contributed by atoms with Gasteiger partial charge in [-0.3, -0.25) is 0 Å². The van der Waals surface area contributed by atoms with Crippen LogP contribution in [-0.4, -0.2) is 45.5 Å². The number of hydrogen-bond acceptors (Lipinski definition) is 7. The summed E-state index contributed by atoms with van der Waals surface area (Å²) in [5.41, 5.74) is -1.90. The van der Waals surface area contributed by atoms with Crippen LogP contribution in [0.2, 0.25) is 5.02 Å². The highest BCUT2D eigenvalue weighted by molar-refractivity contribution is 6.63. The topological polar surface area (TPSA) is 109 Å². The number of halogens is 1. The Morgan fingerprint density at radius 3 is 1.88 bits per heavy atom. The van der Waals surface area contributed by atoms with Gasteiger partial charge in [0.1, 0.15) is 11.2 Å². The second kappa shape index (κ2) is 7.59. The van der Waals surface area contributed by atoms with Crippen LogP contribution in [0.25, 0.3) is 0 Å². The Morgan fingerprint density at radius 1 is 1.08 bits per heavy atom. The van der Waals surface area contributed by atoms with Crippen LogP contribution < -0.4 is 10.4 Å². The first-order chi connectivity index (χ1) is 11.2. The quantitative estimate of drug-likeness (QED) is 0.765. The third-order valence-electron chi connectivity index (χ3n) is 2.54. The number of imide groups is 1. The van der Waals surface area contributed by atoms with Gasteiger partial charge < -0.3 is 19.5 Å². The van der Waals surface area contributed by atoms with Crippen molar-refractivity contribution >= 4 is 42.2 Å². The molecule has 2 amide bonds. The van der Waals surface area contributed by atoms with E-state index in [2.05, 4.69) is 4.98 Å². The van der Waals surface area contributed by atoms with Crippen molar-refractivity contribution in [1.82, 2.24) is 4.98 Å². The van der Waals surface area contributed by atoms with Crippen molar-refractivity contribution in [3.05, 3.63) is 17.3 Å². The summed E-state index contributed by atoms with van der Waals surface area (Å²) in [5, 5.41) is 18.4. The maximum Gasteiger partial charge on any atom is 0.490 e. The molecule has 1 aromatic heterocycles. The standard InChI is InChI=1S/C15H22BClN2O6/c1-14(2,3)24-12(20)19(13(21)25-15(4,5)6)11-10(17)9(16(22)23)7-8-18-11/h7-8,22-23H,1-6H3. The third kappa shape index (κ3) is 6.19. The molecule has 0 saturated heterocycles. The van der Waals surface area contributed by atoms with Crippen LogP contribution in [0.15, 0.2) is 12.3 Å². The molecule has 0 radical (unpaired) electrons. The Hall–Kier alpha value is -1.84. The smallest absolute Gasteiger partial charge is 0.443 e. The van der Waals surface area contributed by atoms with Crippen LogP contribution in [0.5, 0.6) is 0 Å². The van der Waals surface area contributed by atoms with Crippen LogP contribution in [0.4, 0.5) is 15.4 Å². The van der Waals surface area contributed by atoms with Crippen LogP contribution in [0, 0.1) is 0 Å². The van der Waals surface area contributed by atoms with E-state index in [0.29, 0.717) is 4.90 Å². The van der Waals surface area contributed by atoms with E-state index in [-0.39, 0.29) is 16.3 Å². The lowest BCUT2D eigenvalue weighted by molar-refractivity contribution is 0.0429. The molecule has 10 heteroatoms. The first kappa shape index (κ1) is 21.2. The van der Waals surface area contributed by atoms with E-state index in [1.54, 1.807) is 41.5 Å². The van der Waals surface area contributed by atoms with Crippen LogP contribution in [-0.2, 0) is 9.47 Å². The molecule has 0 aliphatic carbocycles. The Morgan fingerprint density at radius 2 is 1.52 bits per heavy atom. The second-order valence-electron chi connectivity index (χ2n) is 7.21. The lowest BCUT2D eigenvalue weighted by Gasteiger charge is -2.28. The molecule has 2 N–H and O–H groups in total. The molecule has 0 fully saturated rings. The summed E-state index contributed by atoms with van der Waals surface area (Å²) in [6, 6.07) is 1.25. The first-order valence-corrected chi connectivity index (χ1v) is 7.87. The lowest BCUT2D eigenvalue weighted by atomic mass is 9.81. The number of anilines is 1. The highest BCUT2D eigenvalue weighted by atomic mass is 35.5. The van der Waals surface area contributed by atoms with Gasteiger partial charge in [-0.25, -0.2) is 14.6 Å². The maximum absolute atomic E-state index is 12.5. The Bertz CT molecular complexity index is 626. The van der Waals surface area contributed by atoms with Gasteiger partial charge in [0.05, 0.1) is 5.02 Å². The number of hydrogen-bond donors (Lipinski definition) is 2. The van der Waals surface area contributed by atoms with Gasteiger partial charge in [-0.05, 0) is 47.6 Å². The molecule has 0 aliphatic rings. The van der Waals surface area contributed by atoms with Gasteiger partial charge in [-0.2, -0.15) is 4.90 Å². The van der Waals surface area contributed by atoms with Crippen LogP contribution in [0.3, 0.4) is 0 Å². The molecule has 0 aromatic carbocycles. The van der Waals surface area contributed by atoms with Crippen molar-refractivity contribution in [1.29, 1.82) is 0 Å². The molecule has 0 bridgehead atoms. The Balaban J connectivity index is 3.39. The minimum Gasteiger partial charge on any atom is -0.443 e. The number of nitrogens with zero attached hydrogens (tertiary/aromatic N) is 2. The van der Waals surface area contributed by atoms with Crippen molar-refractivity contribution in [2.45, 2.75) is 52.7 Å². The number of ether oxygens (including phenoxy) is 2. The van der Waals surface area contributed by atoms with Gasteiger partial charge >= 0.3 is 19.3 Å². The monoisotopic (exact) mass is 372 g/mol. The summed E-state index contributed by atoms with van der Waals surface area (Å²) in [4.78, 5) is 29.4. The summed E-state index contributed by atoms with van der Waals surface area (Å²) < 4.78 is 10.4. The zero-order chi connectivity index (χ0) is 19.6. The van der Waals surface area contributed by atoms with Gasteiger partial charge in [-0.15, -0.1) is 0 Å². The number of amides is 2. The van der Waals surface area contributed by atoms with Crippen molar-refractivity contribution < 1.29 is 29.1 Å². The zero-order valence-corrected chi connectivity index (χ0v) is 15.8. The molecule has 1 heterocycles. The molecule has 25 heavy (non-hydrogen) atoms. The molecule has 0 spiro atoms. The van der Waals surface area contributed by atoms with E-state index < -0.39 is 30.5 Å². The van der Waals surface area contributed by atoms with Gasteiger partial charge in [0.2, 0.25) is 0 Å². The van der Waals surface area contributed by atoms with E-state index in [1.807, 2.05) is 0 Å². The summed E-state index contributed by atoms with van der Waals surface area (Å²) in [6.45, 7) is 9.76. The minimum atomic E-state index is -1.91. The number of aromatic nitrogens is 1. The largest absolute Gasteiger partial charge is 0.490 e. The molecule has 0 aliphatic heterocycles. The SMILES string of the molecule is CC(C)(C)OC(=O)N(C(=O)OC(C)(C)C)c1nccc(B(O)O)c1Cl.